The molecule has 0 bridgehead atoms. The molecule has 8 heteroatoms. The van der Waals surface area contributed by atoms with Crippen LogP contribution in [-0.4, -0.2) is 48.7 Å². The third-order valence-electron chi connectivity index (χ3n) is 5.32. The molecular weight excluding hydrogens is 396 g/mol. The van der Waals surface area contributed by atoms with Gasteiger partial charge in [0.05, 0.1) is 10.9 Å². The first-order valence-corrected chi connectivity index (χ1v) is 11.2. The summed E-state index contributed by atoms with van der Waals surface area (Å²) >= 11 is 1.95. The van der Waals surface area contributed by atoms with Crippen molar-refractivity contribution in [1.82, 2.24) is 24.1 Å². The van der Waals surface area contributed by atoms with Gasteiger partial charge in [-0.15, -0.1) is 10.2 Å². The Morgan fingerprint density at radius 2 is 2.03 bits per heavy atom. The van der Waals surface area contributed by atoms with Gasteiger partial charge in [-0.05, 0) is 30.7 Å². The fraction of sp³-hybridized carbons (Fsp3) is 0.273. The minimum atomic E-state index is -0.0508. The molecule has 0 unspecified atom stereocenters. The summed E-state index contributed by atoms with van der Waals surface area (Å²) < 4.78 is 3.73. The number of allylic oxidation sites excluding steroid dienone is 1. The molecule has 1 aromatic carbocycles. The molecule has 0 atom stereocenters. The van der Waals surface area contributed by atoms with Gasteiger partial charge < -0.3 is 4.90 Å². The molecule has 0 amide bonds. The monoisotopic (exact) mass is 418 g/mol. The molecule has 152 valence electrons. The molecule has 1 fully saturated rings. The molecule has 0 radical (unpaired) electrons. The third-order valence-corrected chi connectivity index (χ3v) is 6.26. The zero-order valence-electron chi connectivity index (χ0n) is 16.7. The van der Waals surface area contributed by atoms with Crippen molar-refractivity contribution in [1.29, 1.82) is 0 Å². The number of thioether (sulfide) groups is 1. The van der Waals surface area contributed by atoms with E-state index in [1.165, 1.54) is 0 Å². The summed E-state index contributed by atoms with van der Waals surface area (Å²) in [5.41, 5.74) is 2.85. The zero-order valence-corrected chi connectivity index (χ0v) is 17.5. The molecule has 0 spiro atoms. The molecule has 1 saturated heterocycles. The lowest BCUT2D eigenvalue weighted by Gasteiger charge is -2.26. The smallest absolute Gasteiger partial charge is 0.263 e. The van der Waals surface area contributed by atoms with Crippen LogP contribution in [0, 0.1) is 6.92 Å². The van der Waals surface area contributed by atoms with Crippen LogP contribution in [0.1, 0.15) is 11.1 Å². The average Bonchev–Trinajstić information content (AvgIpc) is 3.22. The lowest BCUT2D eigenvalue weighted by molar-refractivity contribution is 0.782. The van der Waals surface area contributed by atoms with Crippen molar-refractivity contribution in [3.8, 4) is 0 Å². The average molecular weight is 419 g/mol. The summed E-state index contributed by atoms with van der Waals surface area (Å²) in [5, 5.41) is 9.61. The fourth-order valence-corrected chi connectivity index (χ4v) is 4.72. The van der Waals surface area contributed by atoms with Crippen molar-refractivity contribution >= 4 is 40.5 Å². The molecule has 5 rings (SSSR count). The normalized spacial score (nSPS) is 14.9. The van der Waals surface area contributed by atoms with Crippen LogP contribution in [0.5, 0.6) is 0 Å². The summed E-state index contributed by atoms with van der Waals surface area (Å²) in [6.07, 6.45) is 7.47. The minimum Gasteiger partial charge on any atom is -0.339 e. The van der Waals surface area contributed by atoms with E-state index in [0.29, 0.717) is 17.7 Å². The fourth-order valence-electron chi connectivity index (χ4n) is 3.81. The van der Waals surface area contributed by atoms with Crippen molar-refractivity contribution < 1.29 is 0 Å². The summed E-state index contributed by atoms with van der Waals surface area (Å²) in [5.74, 6) is 3.52. The highest BCUT2D eigenvalue weighted by atomic mass is 32.2. The van der Waals surface area contributed by atoms with E-state index in [-0.39, 0.29) is 5.56 Å². The summed E-state index contributed by atoms with van der Waals surface area (Å²) in [7, 11) is 0. The van der Waals surface area contributed by atoms with Gasteiger partial charge in [-0.2, -0.15) is 11.8 Å². The number of benzene rings is 1. The number of rotatable bonds is 4. The van der Waals surface area contributed by atoms with Crippen molar-refractivity contribution in [3.05, 3.63) is 70.3 Å². The Balaban J connectivity index is 1.67. The zero-order chi connectivity index (χ0) is 20.5. The Hall–Kier alpha value is -3.13. The van der Waals surface area contributed by atoms with Crippen molar-refractivity contribution in [2.45, 2.75) is 13.5 Å². The molecule has 4 aromatic rings. The predicted octanol–water partition coefficient (Wildman–Crippen LogP) is 3.01. The molecular formula is C22H22N6OS. The Bertz CT molecular complexity index is 1290. The van der Waals surface area contributed by atoms with Gasteiger partial charge in [-0.25, -0.2) is 4.40 Å². The van der Waals surface area contributed by atoms with Gasteiger partial charge in [-0.3, -0.25) is 14.3 Å². The largest absolute Gasteiger partial charge is 0.339 e. The van der Waals surface area contributed by atoms with Crippen LogP contribution in [0.4, 0.5) is 5.95 Å². The highest BCUT2D eigenvalue weighted by molar-refractivity contribution is 7.99. The number of aromatic nitrogens is 5. The number of anilines is 1. The molecule has 7 nitrogen and oxygen atoms in total. The molecule has 1 aliphatic heterocycles. The van der Waals surface area contributed by atoms with E-state index < -0.39 is 0 Å². The standard InChI is InChI=1S/C22H22N6OS/c1-16-6-7-19-18(14-16)20(29)27(9-3-5-17-4-2-8-23-15-17)22-25-24-21(28(19)22)26-10-12-30-13-11-26/h2-8,14-15H,9-13H2,1H3. The number of pyridine rings is 1. The van der Waals surface area contributed by atoms with E-state index in [2.05, 4.69) is 20.1 Å². The summed E-state index contributed by atoms with van der Waals surface area (Å²) in [4.78, 5) is 19.7. The summed E-state index contributed by atoms with van der Waals surface area (Å²) in [6.45, 7) is 4.28. The maximum absolute atomic E-state index is 13.3. The second-order valence-corrected chi connectivity index (χ2v) is 8.58. The number of nitrogens with zero attached hydrogens (tertiary/aromatic N) is 6. The maximum atomic E-state index is 13.3. The van der Waals surface area contributed by atoms with Crippen molar-refractivity contribution in [3.63, 3.8) is 0 Å². The second kappa shape index (κ2) is 7.95. The van der Waals surface area contributed by atoms with Crippen molar-refractivity contribution in [2.24, 2.45) is 0 Å². The lowest BCUT2D eigenvalue weighted by atomic mass is 10.1. The van der Waals surface area contributed by atoms with Crippen LogP contribution in [-0.2, 0) is 6.54 Å². The van der Waals surface area contributed by atoms with E-state index >= 15 is 0 Å². The van der Waals surface area contributed by atoms with Crippen molar-refractivity contribution in [2.75, 3.05) is 29.5 Å². The van der Waals surface area contributed by atoms with Crippen LogP contribution in [0.25, 0.3) is 22.8 Å². The first kappa shape index (κ1) is 18.9. The third kappa shape index (κ3) is 3.37. The number of hydrogen-bond donors (Lipinski definition) is 0. The van der Waals surface area contributed by atoms with Gasteiger partial charge >= 0.3 is 0 Å². The molecule has 3 aromatic heterocycles. The van der Waals surface area contributed by atoms with Crippen LogP contribution >= 0.6 is 11.8 Å². The summed E-state index contributed by atoms with van der Waals surface area (Å²) in [6, 6.07) is 9.86. The quantitative estimate of drug-likeness (QED) is 0.508. The lowest BCUT2D eigenvalue weighted by Crippen LogP contribution is -2.34. The van der Waals surface area contributed by atoms with Gasteiger partial charge in [0.1, 0.15) is 0 Å². The van der Waals surface area contributed by atoms with E-state index in [0.717, 1.165) is 47.2 Å². The topological polar surface area (TPSA) is 68.3 Å². The molecule has 1 aliphatic rings. The van der Waals surface area contributed by atoms with Crippen LogP contribution in [0.3, 0.4) is 0 Å². The number of aryl methyl sites for hydroxylation is 1. The van der Waals surface area contributed by atoms with Gasteiger partial charge in [0, 0.05) is 43.5 Å². The molecule has 0 aliphatic carbocycles. The molecule has 0 N–H and O–H groups in total. The van der Waals surface area contributed by atoms with Crippen LogP contribution in [0.2, 0.25) is 0 Å². The first-order valence-electron chi connectivity index (χ1n) is 10.00. The Morgan fingerprint density at radius 3 is 2.83 bits per heavy atom. The van der Waals surface area contributed by atoms with Gasteiger partial charge in [-0.1, -0.05) is 29.8 Å². The second-order valence-electron chi connectivity index (χ2n) is 7.36. The molecule has 4 heterocycles. The van der Waals surface area contributed by atoms with Gasteiger partial charge in [0.25, 0.3) is 5.56 Å². The number of fused-ring (bicyclic) bond motifs is 3. The van der Waals surface area contributed by atoms with Gasteiger partial charge in [0.2, 0.25) is 11.7 Å². The SMILES string of the molecule is Cc1ccc2c(c1)c(=O)n(CC=Cc1cccnc1)c1nnc(N3CCSCC3)n21. The highest BCUT2D eigenvalue weighted by Gasteiger charge is 2.21. The van der Waals surface area contributed by atoms with Crippen LogP contribution in [0.15, 0.2) is 53.6 Å². The van der Waals surface area contributed by atoms with Gasteiger partial charge in [0.15, 0.2) is 0 Å². The van der Waals surface area contributed by atoms with E-state index in [4.69, 9.17) is 0 Å². The number of hydrogen-bond acceptors (Lipinski definition) is 6. The Labute approximate surface area is 178 Å². The molecule has 30 heavy (non-hydrogen) atoms. The Morgan fingerprint density at radius 1 is 1.17 bits per heavy atom. The Kier molecular flexibility index (Phi) is 5.00. The van der Waals surface area contributed by atoms with E-state index in [9.17, 15) is 4.79 Å². The first-order chi connectivity index (χ1) is 14.7. The van der Waals surface area contributed by atoms with Crippen LogP contribution < -0.4 is 10.5 Å². The van der Waals surface area contributed by atoms with E-state index in [1.54, 1.807) is 17.0 Å². The van der Waals surface area contributed by atoms with E-state index in [1.807, 2.05) is 65.6 Å². The highest BCUT2D eigenvalue weighted by Crippen LogP contribution is 2.23. The minimum absolute atomic E-state index is 0.0508. The molecule has 0 saturated carbocycles. The predicted molar refractivity (Wildman–Crippen MR) is 122 cm³/mol. The maximum Gasteiger partial charge on any atom is 0.263 e.